The summed E-state index contributed by atoms with van der Waals surface area (Å²) in [6.07, 6.45) is 5.79. The highest BCUT2D eigenvalue weighted by Crippen LogP contribution is 2.42. The lowest BCUT2D eigenvalue weighted by Gasteiger charge is -2.34. The zero-order chi connectivity index (χ0) is 14.8. The minimum absolute atomic E-state index is 0.112. The average molecular weight is 298 g/mol. The molecule has 0 heterocycles. The van der Waals surface area contributed by atoms with E-state index in [1.54, 1.807) is 12.1 Å². The van der Waals surface area contributed by atoms with Crippen LogP contribution in [0.4, 0.5) is 4.39 Å². The first kappa shape index (κ1) is 15.8. The van der Waals surface area contributed by atoms with Crippen LogP contribution in [0.15, 0.2) is 18.2 Å². The van der Waals surface area contributed by atoms with E-state index in [0.29, 0.717) is 5.02 Å². The van der Waals surface area contributed by atoms with E-state index in [2.05, 4.69) is 26.1 Å². The maximum absolute atomic E-state index is 13.4. The van der Waals surface area contributed by atoms with Crippen molar-refractivity contribution >= 4 is 11.6 Å². The van der Waals surface area contributed by atoms with Crippen molar-refractivity contribution in [1.29, 1.82) is 0 Å². The monoisotopic (exact) mass is 297 g/mol. The molecule has 0 bridgehead atoms. The first-order chi connectivity index (χ1) is 9.30. The van der Waals surface area contributed by atoms with Gasteiger partial charge in [0, 0.05) is 17.1 Å². The molecule has 1 aliphatic carbocycles. The third-order valence-electron chi connectivity index (χ3n) is 4.23. The molecule has 0 radical (unpaired) electrons. The Hall–Kier alpha value is -0.600. The van der Waals surface area contributed by atoms with Crippen LogP contribution in [0.25, 0.3) is 0 Å². The molecule has 1 aliphatic rings. The summed E-state index contributed by atoms with van der Waals surface area (Å²) in [5.41, 5.74) is 1.29. The highest BCUT2D eigenvalue weighted by Gasteiger charge is 2.35. The van der Waals surface area contributed by atoms with E-state index in [1.165, 1.54) is 31.7 Å². The first-order valence-corrected chi connectivity index (χ1v) is 7.87. The third kappa shape index (κ3) is 4.20. The predicted molar refractivity (Wildman–Crippen MR) is 83.8 cm³/mol. The number of hydrogen-bond donors (Lipinski definition) is 1. The molecule has 3 heteroatoms. The van der Waals surface area contributed by atoms with E-state index < -0.39 is 0 Å². The zero-order valence-corrected chi connectivity index (χ0v) is 13.5. The Morgan fingerprint density at radius 3 is 2.50 bits per heavy atom. The molecule has 0 aliphatic heterocycles. The third-order valence-corrected chi connectivity index (χ3v) is 4.60. The van der Waals surface area contributed by atoms with Gasteiger partial charge < -0.3 is 5.32 Å². The molecule has 1 N–H and O–H groups in total. The number of rotatable bonds is 4. The molecule has 0 atom stereocenters. The summed E-state index contributed by atoms with van der Waals surface area (Å²) < 4.78 is 13.4. The summed E-state index contributed by atoms with van der Waals surface area (Å²) in [5, 5.41) is 4.31. The Kier molecular flexibility index (Phi) is 4.76. The Morgan fingerprint density at radius 1 is 1.25 bits per heavy atom. The van der Waals surface area contributed by atoms with Gasteiger partial charge in [-0.3, -0.25) is 0 Å². The van der Waals surface area contributed by atoms with Gasteiger partial charge in [0.25, 0.3) is 0 Å². The highest BCUT2D eigenvalue weighted by molar-refractivity contribution is 6.31. The molecule has 0 spiro atoms. The average Bonchev–Trinajstić information content (AvgIpc) is 2.80. The van der Waals surface area contributed by atoms with Crippen LogP contribution in [0.1, 0.15) is 52.0 Å². The molecule has 0 aromatic heterocycles. The second-order valence-electron chi connectivity index (χ2n) is 7.22. The van der Waals surface area contributed by atoms with Crippen LogP contribution in [0.3, 0.4) is 0 Å². The first-order valence-electron chi connectivity index (χ1n) is 7.49. The van der Waals surface area contributed by atoms with Crippen molar-refractivity contribution in [2.24, 2.45) is 5.41 Å². The molecule has 20 heavy (non-hydrogen) atoms. The van der Waals surface area contributed by atoms with Crippen molar-refractivity contribution in [2.45, 2.75) is 58.4 Å². The fourth-order valence-electron chi connectivity index (χ4n) is 3.08. The minimum Gasteiger partial charge on any atom is -0.312 e. The number of benzene rings is 1. The van der Waals surface area contributed by atoms with Gasteiger partial charge in [-0.25, -0.2) is 4.39 Å². The molecule has 0 unspecified atom stereocenters. The second-order valence-corrected chi connectivity index (χ2v) is 7.63. The van der Waals surface area contributed by atoms with Gasteiger partial charge in [0.15, 0.2) is 0 Å². The number of hydrogen-bond acceptors (Lipinski definition) is 1. The van der Waals surface area contributed by atoms with Crippen LogP contribution in [0.2, 0.25) is 5.02 Å². The Labute approximate surface area is 126 Å². The summed E-state index contributed by atoms with van der Waals surface area (Å²) >= 11 is 6.24. The number of nitrogens with one attached hydrogen (secondary N) is 1. The molecule has 1 saturated carbocycles. The lowest BCUT2D eigenvalue weighted by Crippen LogP contribution is -2.44. The molecule has 112 valence electrons. The lowest BCUT2D eigenvalue weighted by molar-refractivity contribution is 0.244. The molecule has 2 rings (SSSR count). The van der Waals surface area contributed by atoms with Crippen LogP contribution >= 0.6 is 11.6 Å². The van der Waals surface area contributed by atoms with Crippen LogP contribution in [-0.4, -0.2) is 12.1 Å². The molecule has 1 aromatic carbocycles. The normalized spacial score (nSPS) is 18.4. The summed E-state index contributed by atoms with van der Waals surface area (Å²) in [6.45, 7) is 7.53. The van der Waals surface area contributed by atoms with Crippen molar-refractivity contribution in [1.82, 2.24) is 5.32 Å². The van der Waals surface area contributed by atoms with Gasteiger partial charge in [-0.2, -0.15) is 0 Å². The quantitative estimate of drug-likeness (QED) is 0.827. The largest absolute Gasteiger partial charge is 0.312 e. The van der Waals surface area contributed by atoms with Crippen LogP contribution in [0, 0.1) is 11.2 Å². The Morgan fingerprint density at radius 2 is 1.90 bits per heavy atom. The molecular formula is C17H25ClFN. The molecule has 0 amide bonds. The maximum atomic E-state index is 13.4. The van der Waals surface area contributed by atoms with E-state index in [0.717, 1.165) is 18.5 Å². The smallest absolute Gasteiger partial charge is 0.123 e. The fourth-order valence-corrected chi connectivity index (χ4v) is 3.26. The highest BCUT2D eigenvalue weighted by atomic mass is 35.5. The van der Waals surface area contributed by atoms with Gasteiger partial charge >= 0.3 is 0 Å². The zero-order valence-electron chi connectivity index (χ0n) is 12.7. The summed E-state index contributed by atoms with van der Waals surface area (Å²) in [4.78, 5) is 0. The predicted octanol–water partition coefficient (Wildman–Crippen LogP) is 4.97. The van der Waals surface area contributed by atoms with E-state index in [9.17, 15) is 4.39 Å². The maximum Gasteiger partial charge on any atom is 0.123 e. The fraction of sp³-hybridized carbons (Fsp3) is 0.647. The van der Waals surface area contributed by atoms with Crippen LogP contribution in [0.5, 0.6) is 0 Å². The Bertz CT molecular complexity index is 459. The van der Waals surface area contributed by atoms with E-state index in [4.69, 9.17) is 11.6 Å². The topological polar surface area (TPSA) is 12.0 Å². The van der Waals surface area contributed by atoms with Gasteiger partial charge in [-0.05, 0) is 69.2 Å². The molecular weight excluding hydrogens is 273 g/mol. The van der Waals surface area contributed by atoms with Crippen molar-refractivity contribution in [3.8, 4) is 0 Å². The van der Waals surface area contributed by atoms with E-state index >= 15 is 0 Å². The summed E-state index contributed by atoms with van der Waals surface area (Å²) in [6, 6.07) is 4.70. The van der Waals surface area contributed by atoms with Gasteiger partial charge in [0.05, 0.1) is 0 Å². The lowest BCUT2D eigenvalue weighted by atomic mass is 9.79. The molecule has 1 aromatic rings. The van der Waals surface area contributed by atoms with Crippen molar-refractivity contribution < 1.29 is 4.39 Å². The van der Waals surface area contributed by atoms with Gasteiger partial charge in [-0.15, -0.1) is 0 Å². The van der Waals surface area contributed by atoms with Crippen LogP contribution < -0.4 is 5.32 Å². The van der Waals surface area contributed by atoms with Crippen molar-refractivity contribution in [2.75, 3.05) is 6.54 Å². The van der Waals surface area contributed by atoms with E-state index in [1.807, 2.05) is 0 Å². The minimum atomic E-state index is -0.193. The van der Waals surface area contributed by atoms with Crippen molar-refractivity contribution in [3.05, 3.63) is 34.6 Å². The Balaban J connectivity index is 2.14. The van der Waals surface area contributed by atoms with Gasteiger partial charge in [0.2, 0.25) is 0 Å². The SMILES string of the molecule is CC(C)(C)NCC1(Cc2cc(F)ccc2Cl)CCCC1. The summed E-state index contributed by atoms with van der Waals surface area (Å²) in [7, 11) is 0. The number of halogens is 2. The summed E-state index contributed by atoms with van der Waals surface area (Å²) in [5.74, 6) is -0.193. The van der Waals surface area contributed by atoms with Crippen LogP contribution in [-0.2, 0) is 6.42 Å². The van der Waals surface area contributed by atoms with E-state index in [-0.39, 0.29) is 16.8 Å². The molecule has 0 saturated heterocycles. The van der Waals surface area contributed by atoms with Crippen molar-refractivity contribution in [3.63, 3.8) is 0 Å². The molecule has 1 nitrogen and oxygen atoms in total. The standard InChI is InChI=1S/C17H25ClFN/c1-16(2,3)20-12-17(8-4-5-9-17)11-13-10-14(19)6-7-15(13)18/h6-7,10,20H,4-5,8-9,11-12H2,1-3H3. The second kappa shape index (κ2) is 6.03. The van der Waals surface area contributed by atoms with Gasteiger partial charge in [0.1, 0.15) is 5.82 Å². The van der Waals surface area contributed by atoms with Gasteiger partial charge in [-0.1, -0.05) is 24.4 Å². The molecule has 1 fully saturated rings.